The molecule has 1 heterocycles. The fraction of sp³-hybridized carbons (Fsp3) is 0.875. The van der Waals surface area contributed by atoms with Crippen LogP contribution in [-0.4, -0.2) is 12.1 Å². The van der Waals surface area contributed by atoms with Gasteiger partial charge in [0.25, 0.3) is 0 Å². The van der Waals surface area contributed by atoms with Gasteiger partial charge in [0.1, 0.15) is 6.10 Å². The Bertz CT molecular complexity index is 165. The Balaban J connectivity index is 2.12. The molecule has 0 N–H and O–H groups in total. The Labute approximate surface area is 60.6 Å². The highest BCUT2D eigenvalue weighted by Crippen LogP contribution is 2.40. The molecule has 0 bridgehead atoms. The fourth-order valence-electron chi connectivity index (χ4n) is 2.11. The standard InChI is InChI=1S/C8H12O2/c1-5-2-3-7-6(5)4-8(9)10-7/h5-7H,2-4H2,1H3/t5-,6+,7-/m0/s1. The minimum atomic E-state index is 0.0153. The van der Waals surface area contributed by atoms with Crippen molar-refractivity contribution in [1.29, 1.82) is 0 Å². The van der Waals surface area contributed by atoms with Crippen LogP contribution in [-0.2, 0) is 9.53 Å². The normalized spacial score (nSPS) is 45.3. The van der Waals surface area contributed by atoms with Crippen LogP contribution in [0, 0.1) is 11.8 Å². The van der Waals surface area contributed by atoms with Gasteiger partial charge in [0.2, 0.25) is 0 Å². The molecule has 2 nitrogen and oxygen atoms in total. The van der Waals surface area contributed by atoms with Crippen LogP contribution < -0.4 is 0 Å². The molecule has 2 rings (SSSR count). The lowest BCUT2D eigenvalue weighted by Gasteiger charge is -2.08. The van der Waals surface area contributed by atoms with Crippen LogP contribution in [0.2, 0.25) is 0 Å². The highest BCUT2D eigenvalue weighted by Gasteiger charge is 2.42. The predicted molar refractivity (Wildman–Crippen MR) is 36.4 cm³/mol. The number of carbonyl (C=O) groups excluding carboxylic acids is 1. The van der Waals surface area contributed by atoms with Crippen LogP contribution in [0.1, 0.15) is 26.2 Å². The first-order valence-corrected chi connectivity index (χ1v) is 3.97. The molecule has 1 saturated carbocycles. The van der Waals surface area contributed by atoms with Gasteiger partial charge in [-0.25, -0.2) is 0 Å². The average Bonchev–Trinajstić information content (AvgIpc) is 2.35. The molecule has 0 radical (unpaired) electrons. The van der Waals surface area contributed by atoms with Crippen molar-refractivity contribution in [1.82, 2.24) is 0 Å². The van der Waals surface area contributed by atoms with E-state index < -0.39 is 0 Å². The number of fused-ring (bicyclic) bond motifs is 1. The van der Waals surface area contributed by atoms with E-state index in [4.69, 9.17) is 4.74 Å². The molecule has 1 saturated heterocycles. The topological polar surface area (TPSA) is 26.3 Å². The van der Waals surface area contributed by atoms with Crippen molar-refractivity contribution in [3.05, 3.63) is 0 Å². The van der Waals surface area contributed by atoms with Crippen molar-refractivity contribution >= 4 is 5.97 Å². The highest BCUT2D eigenvalue weighted by atomic mass is 16.5. The Morgan fingerprint density at radius 1 is 1.50 bits per heavy atom. The molecule has 1 aliphatic heterocycles. The van der Waals surface area contributed by atoms with Gasteiger partial charge in [0, 0.05) is 5.92 Å². The van der Waals surface area contributed by atoms with Gasteiger partial charge in [-0.2, -0.15) is 0 Å². The third kappa shape index (κ3) is 0.746. The van der Waals surface area contributed by atoms with E-state index in [9.17, 15) is 4.79 Å². The second kappa shape index (κ2) is 1.97. The van der Waals surface area contributed by atoms with Crippen LogP contribution in [0.4, 0.5) is 0 Å². The number of hydrogen-bond donors (Lipinski definition) is 0. The van der Waals surface area contributed by atoms with Gasteiger partial charge in [0.05, 0.1) is 6.42 Å². The first-order valence-electron chi connectivity index (χ1n) is 3.97. The van der Waals surface area contributed by atoms with E-state index >= 15 is 0 Å². The minimum absolute atomic E-state index is 0.0153. The molecule has 0 aromatic carbocycles. The smallest absolute Gasteiger partial charge is 0.306 e. The van der Waals surface area contributed by atoms with Crippen molar-refractivity contribution in [2.24, 2.45) is 11.8 Å². The van der Waals surface area contributed by atoms with Gasteiger partial charge < -0.3 is 4.74 Å². The Morgan fingerprint density at radius 3 is 3.00 bits per heavy atom. The average molecular weight is 140 g/mol. The molecule has 2 heteroatoms. The SMILES string of the molecule is C[C@H]1CC[C@@H]2OC(=O)C[C@@H]21. The van der Waals surface area contributed by atoms with Gasteiger partial charge in [-0.15, -0.1) is 0 Å². The number of ether oxygens (including phenoxy) is 1. The van der Waals surface area contributed by atoms with Crippen LogP contribution in [0.15, 0.2) is 0 Å². The third-order valence-electron chi connectivity index (χ3n) is 2.80. The summed E-state index contributed by atoms with van der Waals surface area (Å²) in [6.07, 6.45) is 3.29. The zero-order valence-corrected chi connectivity index (χ0v) is 6.17. The lowest BCUT2D eigenvalue weighted by atomic mass is 9.95. The van der Waals surface area contributed by atoms with Gasteiger partial charge >= 0.3 is 5.97 Å². The summed E-state index contributed by atoms with van der Waals surface area (Å²) in [4.78, 5) is 10.8. The maximum atomic E-state index is 10.8. The second-order valence-corrected chi connectivity index (χ2v) is 3.45. The van der Waals surface area contributed by atoms with Gasteiger partial charge in [-0.1, -0.05) is 6.92 Å². The molecule has 3 atom stereocenters. The lowest BCUT2D eigenvalue weighted by molar-refractivity contribution is -0.141. The summed E-state index contributed by atoms with van der Waals surface area (Å²) in [5.41, 5.74) is 0. The zero-order chi connectivity index (χ0) is 7.14. The Hall–Kier alpha value is -0.530. The lowest BCUT2D eigenvalue weighted by Crippen LogP contribution is -2.10. The van der Waals surface area contributed by atoms with Crippen LogP contribution in [0.5, 0.6) is 0 Å². The second-order valence-electron chi connectivity index (χ2n) is 3.45. The Kier molecular flexibility index (Phi) is 1.22. The number of esters is 1. The number of hydrogen-bond acceptors (Lipinski definition) is 2. The minimum Gasteiger partial charge on any atom is -0.462 e. The van der Waals surface area contributed by atoms with Crippen molar-refractivity contribution in [3.63, 3.8) is 0 Å². The van der Waals surface area contributed by atoms with Gasteiger partial charge in [-0.05, 0) is 18.8 Å². The maximum absolute atomic E-state index is 10.8. The van der Waals surface area contributed by atoms with Crippen molar-refractivity contribution < 1.29 is 9.53 Å². The first-order chi connectivity index (χ1) is 4.77. The van der Waals surface area contributed by atoms with Crippen molar-refractivity contribution in [2.75, 3.05) is 0 Å². The molecule has 2 fully saturated rings. The van der Waals surface area contributed by atoms with E-state index in [1.165, 1.54) is 6.42 Å². The van der Waals surface area contributed by atoms with Gasteiger partial charge in [0.15, 0.2) is 0 Å². The summed E-state index contributed by atoms with van der Waals surface area (Å²) in [7, 11) is 0. The Morgan fingerprint density at radius 2 is 2.30 bits per heavy atom. The summed E-state index contributed by atoms with van der Waals surface area (Å²) in [5, 5.41) is 0. The first kappa shape index (κ1) is 6.20. The van der Waals surface area contributed by atoms with Crippen molar-refractivity contribution in [2.45, 2.75) is 32.3 Å². The van der Waals surface area contributed by atoms with Crippen molar-refractivity contribution in [3.8, 4) is 0 Å². The predicted octanol–water partition coefficient (Wildman–Crippen LogP) is 1.35. The van der Waals surface area contributed by atoms with E-state index in [2.05, 4.69) is 6.92 Å². The molecule has 1 aliphatic carbocycles. The summed E-state index contributed by atoms with van der Waals surface area (Å²) in [6.45, 7) is 2.21. The molecule has 0 aromatic rings. The summed E-state index contributed by atoms with van der Waals surface area (Å²) >= 11 is 0. The van der Waals surface area contributed by atoms with E-state index in [0.717, 1.165) is 6.42 Å². The summed E-state index contributed by atoms with van der Waals surface area (Å²) < 4.78 is 5.12. The van der Waals surface area contributed by atoms with E-state index in [1.807, 2.05) is 0 Å². The molecule has 2 aliphatic rings. The fourth-order valence-corrected chi connectivity index (χ4v) is 2.11. The largest absolute Gasteiger partial charge is 0.462 e. The maximum Gasteiger partial charge on any atom is 0.306 e. The third-order valence-corrected chi connectivity index (χ3v) is 2.80. The quantitative estimate of drug-likeness (QED) is 0.475. The molecular formula is C8H12O2. The van der Waals surface area contributed by atoms with Gasteiger partial charge in [-0.3, -0.25) is 4.79 Å². The zero-order valence-electron chi connectivity index (χ0n) is 6.17. The molecule has 10 heavy (non-hydrogen) atoms. The van der Waals surface area contributed by atoms with E-state index in [0.29, 0.717) is 18.3 Å². The van der Waals surface area contributed by atoms with Crippen LogP contribution in [0.25, 0.3) is 0 Å². The van der Waals surface area contributed by atoms with Crippen LogP contribution >= 0.6 is 0 Å². The monoisotopic (exact) mass is 140 g/mol. The molecule has 0 spiro atoms. The molecule has 0 aromatic heterocycles. The molecular weight excluding hydrogens is 128 g/mol. The van der Waals surface area contributed by atoms with Crippen LogP contribution in [0.3, 0.4) is 0 Å². The summed E-state index contributed by atoms with van der Waals surface area (Å²) in [5.74, 6) is 1.27. The molecule has 0 unspecified atom stereocenters. The van der Waals surface area contributed by atoms with E-state index in [-0.39, 0.29) is 12.1 Å². The highest BCUT2D eigenvalue weighted by molar-refractivity contribution is 5.72. The molecule has 56 valence electrons. The summed E-state index contributed by atoms with van der Waals surface area (Å²) in [6, 6.07) is 0. The number of rotatable bonds is 0. The molecule has 0 amide bonds. The number of carbonyl (C=O) groups is 1. The van der Waals surface area contributed by atoms with E-state index in [1.54, 1.807) is 0 Å².